The van der Waals surface area contributed by atoms with Crippen LogP contribution in [0.2, 0.25) is 0 Å². The molecule has 1 fully saturated rings. The second-order valence-corrected chi connectivity index (χ2v) is 5.47. The zero-order chi connectivity index (χ0) is 14.3. The molecule has 19 heavy (non-hydrogen) atoms. The van der Waals surface area contributed by atoms with Gasteiger partial charge in [-0.3, -0.25) is 9.89 Å². The molecule has 0 spiro atoms. The van der Waals surface area contributed by atoms with Crippen molar-refractivity contribution < 1.29 is 4.74 Å². The Morgan fingerprint density at radius 2 is 2.11 bits per heavy atom. The zero-order valence-electron chi connectivity index (χ0n) is 13.1. The monoisotopic (exact) mass is 270 g/mol. The van der Waals surface area contributed by atoms with Crippen molar-refractivity contribution in [1.29, 1.82) is 0 Å². The first kappa shape index (κ1) is 16.2. The van der Waals surface area contributed by atoms with E-state index in [1.807, 2.05) is 0 Å². The fourth-order valence-electron chi connectivity index (χ4n) is 2.04. The van der Waals surface area contributed by atoms with Crippen LogP contribution >= 0.6 is 0 Å². The maximum absolute atomic E-state index is 5.13. The van der Waals surface area contributed by atoms with Crippen LogP contribution in [0.5, 0.6) is 0 Å². The molecule has 1 saturated carbocycles. The fourth-order valence-corrected chi connectivity index (χ4v) is 2.04. The molecule has 0 amide bonds. The van der Waals surface area contributed by atoms with Crippen LogP contribution in [-0.2, 0) is 4.74 Å². The van der Waals surface area contributed by atoms with Crippen LogP contribution in [0, 0.1) is 0 Å². The molecule has 5 heteroatoms. The zero-order valence-corrected chi connectivity index (χ0v) is 13.1. The molecule has 112 valence electrons. The average molecular weight is 270 g/mol. The summed E-state index contributed by atoms with van der Waals surface area (Å²) in [4.78, 5) is 7.10. The van der Waals surface area contributed by atoms with Gasteiger partial charge in [-0.25, -0.2) is 0 Å². The molecule has 1 aliphatic rings. The minimum absolute atomic E-state index is 0.263. The molecular weight excluding hydrogens is 240 g/mol. The van der Waals surface area contributed by atoms with E-state index in [0.29, 0.717) is 12.6 Å². The summed E-state index contributed by atoms with van der Waals surface area (Å²) in [7, 11) is 3.92. The van der Waals surface area contributed by atoms with Gasteiger partial charge in [0.15, 0.2) is 5.96 Å². The molecule has 0 radical (unpaired) electrons. The van der Waals surface area contributed by atoms with E-state index in [1.54, 1.807) is 7.11 Å². The maximum atomic E-state index is 5.13. The molecule has 0 bridgehead atoms. The van der Waals surface area contributed by atoms with Crippen LogP contribution in [0.15, 0.2) is 4.99 Å². The summed E-state index contributed by atoms with van der Waals surface area (Å²) in [5, 5.41) is 6.63. The highest BCUT2D eigenvalue weighted by molar-refractivity contribution is 5.80. The van der Waals surface area contributed by atoms with Crippen molar-refractivity contribution in [3.8, 4) is 0 Å². The molecule has 0 aromatic carbocycles. The molecule has 2 atom stereocenters. The van der Waals surface area contributed by atoms with E-state index in [2.05, 4.69) is 48.3 Å². The lowest BCUT2D eigenvalue weighted by atomic mass is 10.3. The predicted octanol–water partition coefficient (Wildman–Crippen LogP) is 1.06. The fraction of sp³-hybridized carbons (Fsp3) is 0.929. The number of nitrogens with zero attached hydrogens (tertiary/aromatic N) is 2. The van der Waals surface area contributed by atoms with Crippen molar-refractivity contribution in [2.75, 3.05) is 33.9 Å². The van der Waals surface area contributed by atoms with E-state index in [9.17, 15) is 0 Å². The molecule has 0 aromatic heterocycles. The van der Waals surface area contributed by atoms with Crippen LogP contribution in [0.1, 0.15) is 33.6 Å². The van der Waals surface area contributed by atoms with E-state index in [1.165, 1.54) is 12.8 Å². The normalized spacial score (nSPS) is 19.4. The smallest absolute Gasteiger partial charge is 0.191 e. The van der Waals surface area contributed by atoms with Crippen molar-refractivity contribution >= 4 is 5.96 Å². The molecule has 2 unspecified atom stereocenters. The third-order valence-electron chi connectivity index (χ3n) is 3.48. The van der Waals surface area contributed by atoms with E-state index >= 15 is 0 Å². The number of rotatable bonds is 8. The molecule has 0 saturated heterocycles. The summed E-state index contributed by atoms with van der Waals surface area (Å²) in [5.41, 5.74) is 0. The van der Waals surface area contributed by atoms with Crippen LogP contribution in [-0.4, -0.2) is 62.8 Å². The Balaban J connectivity index is 2.41. The van der Waals surface area contributed by atoms with Crippen molar-refractivity contribution in [2.24, 2.45) is 4.99 Å². The Hall–Kier alpha value is -0.810. The van der Waals surface area contributed by atoms with Crippen molar-refractivity contribution in [2.45, 2.75) is 51.7 Å². The van der Waals surface area contributed by atoms with Crippen LogP contribution < -0.4 is 10.6 Å². The molecule has 1 aliphatic carbocycles. The molecule has 1 rings (SSSR count). The Kier molecular flexibility index (Phi) is 7.16. The third-order valence-corrected chi connectivity index (χ3v) is 3.48. The number of hydrogen-bond acceptors (Lipinski definition) is 3. The van der Waals surface area contributed by atoms with E-state index in [-0.39, 0.29) is 6.04 Å². The van der Waals surface area contributed by atoms with Gasteiger partial charge < -0.3 is 15.4 Å². The second-order valence-electron chi connectivity index (χ2n) is 5.47. The SMILES string of the molecule is CCNC(=NCC(C)N(C)C1CC1)NC(C)COC. The minimum atomic E-state index is 0.263. The minimum Gasteiger partial charge on any atom is -0.383 e. The summed E-state index contributed by atoms with van der Waals surface area (Å²) in [5.74, 6) is 0.878. The second kappa shape index (κ2) is 8.38. The summed E-state index contributed by atoms with van der Waals surface area (Å²) < 4.78 is 5.13. The quantitative estimate of drug-likeness (QED) is 0.511. The Morgan fingerprint density at radius 1 is 1.42 bits per heavy atom. The highest BCUT2D eigenvalue weighted by Crippen LogP contribution is 2.26. The summed E-state index contributed by atoms with van der Waals surface area (Å²) in [6.45, 7) is 8.79. The van der Waals surface area contributed by atoms with Crippen LogP contribution in [0.25, 0.3) is 0 Å². The van der Waals surface area contributed by atoms with Gasteiger partial charge in [0.1, 0.15) is 0 Å². The van der Waals surface area contributed by atoms with Gasteiger partial charge in [0.25, 0.3) is 0 Å². The van der Waals surface area contributed by atoms with E-state index in [4.69, 9.17) is 4.74 Å². The van der Waals surface area contributed by atoms with Crippen molar-refractivity contribution in [3.05, 3.63) is 0 Å². The highest BCUT2D eigenvalue weighted by Gasteiger charge is 2.28. The van der Waals surface area contributed by atoms with Gasteiger partial charge in [0, 0.05) is 31.8 Å². The maximum Gasteiger partial charge on any atom is 0.191 e. The number of hydrogen-bond donors (Lipinski definition) is 2. The standard InChI is InChI=1S/C14H30N4O/c1-6-15-14(17-11(2)10-19-5)16-9-12(3)18(4)13-7-8-13/h11-13H,6-10H2,1-5H3,(H2,15,16,17). The number of guanidine groups is 1. The molecule has 5 nitrogen and oxygen atoms in total. The van der Waals surface area contributed by atoms with Crippen LogP contribution in [0.4, 0.5) is 0 Å². The molecule has 0 heterocycles. The number of methoxy groups -OCH3 is 1. The Morgan fingerprint density at radius 3 is 2.63 bits per heavy atom. The first-order valence-corrected chi connectivity index (χ1v) is 7.34. The van der Waals surface area contributed by atoms with Gasteiger partial charge in [0.2, 0.25) is 0 Å². The number of nitrogens with one attached hydrogen (secondary N) is 2. The lowest BCUT2D eigenvalue weighted by Gasteiger charge is -2.24. The lowest BCUT2D eigenvalue weighted by molar-refractivity contribution is 0.179. The molecule has 0 aromatic rings. The summed E-state index contributed by atoms with van der Waals surface area (Å²) >= 11 is 0. The van der Waals surface area contributed by atoms with Gasteiger partial charge in [-0.15, -0.1) is 0 Å². The average Bonchev–Trinajstić information content (AvgIpc) is 3.19. The van der Waals surface area contributed by atoms with Gasteiger partial charge in [-0.05, 0) is 40.7 Å². The third kappa shape index (κ3) is 6.25. The Bertz CT molecular complexity index is 279. The van der Waals surface area contributed by atoms with Crippen molar-refractivity contribution in [3.63, 3.8) is 0 Å². The van der Waals surface area contributed by atoms with Gasteiger partial charge in [-0.1, -0.05) is 0 Å². The van der Waals surface area contributed by atoms with E-state index in [0.717, 1.165) is 25.1 Å². The van der Waals surface area contributed by atoms with Crippen molar-refractivity contribution in [1.82, 2.24) is 15.5 Å². The lowest BCUT2D eigenvalue weighted by Crippen LogP contribution is -2.44. The summed E-state index contributed by atoms with van der Waals surface area (Å²) in [6.07, 6.45) is 2.68. The van der Waals surface area contributed by atoms with E-state index < -0.39 is 0 Å². The number of likely N-dealkylation sites (N-methyl/N-ethyl adjacent to an activating group) is 1. The highest BCUT2D eigenvalue weighted by atomic mass is 16.5. The molecule has 0 aliphatic heterocycles. The topological polar surface area (TPSA) is 48.9 Å². The van der Waals surface area contributed by atoms with Crippen LogP contribution in [0.3, 0.4) is 0 Å². The van der Waals surface area contributed by atoms with Gasteiger partial charge in [-0.2, -0.15) is 0 Å². The predicted molar refractivity (Wildman–Crippen MR) is 80.7 cm³/mol. The molecular formula is C14H30N4O. The van der Waals surface area contributed by atoms with Gasteiger partial charge >= 0.3 is 0 Å². The van der Waals surface area contributed by atoms with Gasteiger partial charge in [0.05, 0.1) is 13.2 Å². The summed E-state index contributed by atoms with van der Waals surface area (Å²) in [6, 6.07) is 1.54. The number of aliphatic imine (C=N–C) groups is 1. The first-order chi connectivity index (χ1) is 9.08. The Labute approximate surface area is 117 Å². The molecule has 2 N–H and O–H groups in total. The number of ether oxygens (including phenoxy) is 1. The first-order valence-electron chi connectivity index (χ1n) is 7.34. The largest absolute Gasteiger partial charge is 0.383 e.